The highest BCUT2D eigenvalue weighted by atomic mass is 79.9. The Hall–Kier alpha value is 0.280. The number of hydrogen-bond acceptors (Lipinski definition) is 0. The van der Waals surface area contributed by atoms with Crippen molar-refractivity contribution in [3.63, 3.8) is 0 Å². The van der Waals surface area contributed by atoms with Gasteiger partial charge in [-0.3, -0.25) is 0 Å². The van der Waals surface area contributed by atoms with E-state index in [0.717, 1.165) is 15.1 Å². The van der Waals surface area contributed by atoms with Crippen LogP contribution in [0.3, 0.4) is 0 Å². The quantitative estimate of drug-likeness (QED) is 0.629. The molecule has 0 aliphatic carbocycles. The van der Waals surface area contributed by atoms with Crippen molar-refractivity contribution in [2.45, 2.75) is 32.1 Å². The van der Waals surface area contributed by atoms with Crippen LogP contribution in [-0.2, 0) is 11.3 Å². The van der Waals surface area contributed by atoms with Crippen LogP contribution in [0.5, 0.6) is 0 Å². The summed E-state index contributed by atoms with van der Waals surface area (Å²) in [5.41, 5.74) is 2.26. The van der Waals surface area contributed by atoms with E-state index >= 15 is 0 Å². The van der Waals surface area contributed by atoms with Gasteiger partial charge in [0, 0.05) is 10.4 Å². The van der Waals surface area contributed by atoms with Gasteiger partial charge in [-0.1, -0.05) is 44.5 Å². The Labute approximate surface area is 104 Å². The van der Waals surface area contributed by atoms with Gasteiger partial charge in [-0.15, -0.1) is 11.6 Å². The third-order valence-corrected chi connectivity index (χ3v) is 3.89. The normalized spacial score (nSPS) is 11.9. The molecule has 14 heavy (non-hydrogen) atoms. The first-order valence-electron chi connectivity index (χ1n) is 4.41. The van der Waals surface area contributed by atoms with Gasteiger partial charge in [0.2, 0.25) is 0 Å². The van der Waals surface area contributed by atoms with Crippen LogP contribution in [-0.4, -0.2) is 0 Å². The second-order valence-electron chi connectivity index (χ2n) is 4.28. The van der Waals surface area contributed by atoms with Crippen molar-refractivity contribution < 1.29 is 0 Å². The maximum Gasteiger partial charge on any atom is 0.0595 e. The molecule has 0 unspecified atom stereocenters. The zero-order valence-electron chi connectivity index (χ0n) is 8.50. The van der Waals surface area contributed by atoms with Crippen LogP contribution in [0.1, 0.15) is 31.9 Å². The lowest BCUT2D eigenvalue weighted by Crippen LogP contribution is -2.12. The van der Waals surface area contributed by atoms with E-state index in [9.17, 15) is 0 Å². The standard InChI is InChI=1S/C11H13BrCl2/c1-11(2,3)8-5-4-7(6-13)10(14)9(8)12/h4-5H,6H2,1-3H3. The van der Waals surface area contributed by atoms with Crippen molar-refractivity contribution in [3.8, 4) is 0 Å². The smallest absolute Gasteiger partial charge is 0.0595 e. The Balaban J connectivity index is 3.31. The summed E-state index contributed by atoms with van der Waals surface area (Å²) in [4.78, 5) is 0. The average Bonchev–Trinajstić information content (AvgIpc) is 2.07. The molecular formula is C11H13BrCl2. The highest BCUT2D eigenvalue weighted by molar-refractivity contribution is 9.10. The van der Waals surface area contributed by atoms with Crippen LogP contribution < -0.4 is 0 Å². The molecule has 0 radical (unpaired) electrons. The Bertz CT molecular complexity index is 340. The third kappa shape index (κ3) is 2.44. The predicted molar refractivity (Wildman–Crippen MR) is 67.4 cm³/mol. The van der Waals surface area contributed by atoms with E-state index in [2.05, 4.69) is 42.8 Å². The van der Waals surface area contributed by atoms with Gasteiger partial charge >= 0.3 is 0 Å². The molecule has 0 heterocycles. The monoisotopic (exact) mass is 294 g/mol. The summed E-state index contributed by atoms with van der Waals surface area (Å²) in [6, 6.07) is 4.06. The summed E-state index contributed by atoms with van der Waals surface area (Å²) in [5.74, 6) is 0.446. The fraction of sp³-hybridized carbons (Fsp3) is 0.455. The summed E-state index contributed by atoms with van der Waals surface area (Å²) in [5, 5.41) is 0.729. The minimum atomic E-state index is 0.0906. The summed E-state index contributed by atoms with van der Waals surface area (Å²) in [7, 11) is 0. The van der Waals surface area contributed by atoms with Crippen LogP contribution in [0.25, 0.3) is 0 Å². The molecule has 0 amide bonds. The molecule has 0 bridgehead atoms. The molecule has 0 atom stereocenters. The first kappa shape index (κ1) is 12.4. The molecule has 0 aromatic heterocycles. The molecule has 1 aromatic rings. The largest absolute Gasteiger partial charge is 0.121 e. The predicted octanol–water partition coefficient (Wildman–Crippen LogP) is 5.14. The van der Waals surface area contributed by atoms with Gasteiger partial charge in [0.25, 0.3) is 0 Å². The molecular weight excluding hydrogens is 283 g/mol. The summed E-state index contributed by atoms with van der Waals surface area (Å²) in [6.07, 6.45) is 0. The fourth-order valence-corrected chi connectivity index (χ4v) is 2.78. The zero-order valence-corrected chi connectivity index (χ0v) is 11.6. The highest BCUT2D eigenvalue weighted by Gasteiger charge is 2.19. The van der Waals surface area contributed by atoms with E-state index in [1.807, 2.05) is 6.07 Å². The Morgan fingerprint density at radius 2 is 1.86 bits per heavy atom. The zero-order chi connectivity index (χ0) is 10.9. The first-order chi connectivity index (χ1) is 6.38. The Morgan fingerprint density at radius 1 is 1.29 bits per heavy atom. The van der Waals surface area contributed by atoms with Gasteiger partial charge in [-0.2, -0.15) is 0 Å². The maximum atomic E-state index is 6.17. The Kier molecular flexibility index (Phi) is 3.90. The lowest BCUT2D eigenvalue weighted by molar-refractivity contribution is 0.587. The van der Waals surface area contributed by atoms with E-state index in [-0.39, 0.29) is 5.41 Å². The molecule has 0 saturated carbocycles. The summed E-state index contributed by atoms with van der Waals surface area (Å²) < 4.78 is 0.963. The van der Waals surface area contributed by atoms with Crippen molar-refractivity contribution in [1.82, 2.24) is 0 Å². The van der Waals surface area contributed by atoms with E-state index in [1.165, 1.54) is 5.56 Å². The molecule has 0 spiro atoms. The van der Waals surface area contributed by atoms with Crippen LogP contribution in [0.15, 0.2) is 16.6 Å². The van der Waals surface area contributed by atoms with Crippen LogP contribution in [0, 0.1) is 0 Å². The molecule has 0 nitrogen and oxygen atoms in total. The molecule has 0 aliphatic heterocycles. The van der Waals surface area contributed by atoms with Crippen LogP contribution in [0.2, 0.25) is 5.02 Å². The van der Waals surface area contributed by atoms with Crippen molar-refractivity contribution in [1.29, 1.82) is 0 Å². The number of halogens is 3. The molecule has 0 fully saturated rings. The van der Waals surface area contributed by atoms with Crippen LogP contribution >= 0.6 is 39.1 Å². The minimum Gasteiger partial charge on any atom is -0.121 e. The summed E-state index contributed by atoms with van der Waals surface area (Å²) >= 11 is 15.5. The van der Waals surface area contributed by atoms with E-state index in [1.54, 1.807) is 0 Å². The lowest BCUT2D eigenvalue weighted by Gasteiger charge is -2.22. The maximum absolute atomic E-state index is 6.17. The number of hydrogen-bond donors (Lipinski definition) is 0. The number of alkyl halides is 1. The molecule has 1 aromatic carbocycles. The summed E-state index contributed by atoms with van der Waals surface area (Å²) in [6.45, 7) is 6.47. The second-order valence-corrected chi connectivity index (χ2v) is 5.72. The Morgan fingerprint density at radius 3 is 2.29 bits per heavy atom. The van der Waals surface area contributed by atoms with Crippen molar-refractivity contribution in [2.75, 3.05) is 0 Å². The van der Waals surface area contributed by atoms with Crippen molar-refractivity contribution in [3.05, 3.63) is 32.8 Å². The van der Waals surface area contributed by atoms with Crippen molar-refractivity contribution >= 4 is 39.1 Å². The average molecular weight is 296 g/mol. The molecule has 78 valence electrons. The van der Waals surface area contributed by atoms with Gasteiger partial charge < -0.3 is 0 Å². The third-order valence-electron chi connectivity index (χ3n) is 2.11. The first-order valence-corrected chi connectivity index (χ1v) is 6.11. The molecule has 0 aliphatic rings. The molecule has 0 saturated heterocycles. The highest BCUT2D eigenvalue weighted by Crippen LogP contribution is 2.36. The van der Waals surface area contributed by atoms with Gasteiger partial charge in [-0.25, -0.2) is 0 Å². The van der Waals surface area contributed by atoms with Crippen LogP contribution in [0.4, 0.5) is 0 Å². The van der Waals surface area contributed by atoms with Gasteiger partial charge in [-0.05, 0) is 32.5 Å². The van der Waals surface area contributed by atoms with Gasteiger partial charge in [0.15, 0.2) is 0 Å². The molecule has 3 heteroatoms. The minimum absolute atomic E-state index is 0.0906. The molecule has 1 rings (SSSR count). The van der Waals surface area contributed by atoms with E-state index in [0.29, 0.717) is 5.88 Å². The second kappa shape index (κ2) is 4.42. The number of rotatable bonds is 1. The van der Waals surface area contributed by atoms with E-state index in [4.69, 9.17) is 23.2 Å². The topological polar surface area (TPSA) is 0 Å². The fourth-order valence-electron chi connectivity index (χ4n) is 1.27. The SMILES string of the molecule is CC(C)(C)c1ccc(CCl)c(Cl)c1Br. The molecule has 0 N–H and O–H groups in total. The van der Waals surface area contributed by atoms with Gasteiger partial charge in [0.05, 0.1) is 5.02 Å². The van der Waals surface area contributed by atoms with Gasteiger partial charge in [0.1, 0.15) is 0 Å². The van der Waals surface area contributed by atoms with Crippen molar-refractivity contribution in [2.24, 2.45) is 0 Å². The lowest BCUT2D eigenvalue weighted by atomic mass is 9.87. The van der Waals surface area contributed by atoms with E-state index < -0.39 is 0 Å². The number of benzene rings is 1.